The van der Waals surface area contributed by atoms with Gasteiger partial charge in [0.05, 0.1) is 0 Å². The van der Waals surface area contributed by atoms with Gasteiger partial charge in [-0.3, -0.25) is 0 Å². The fourth-order valence-corrected chi connectivity index (χ4v) is 1.67. The lowest BCUT2D eigenvalue weighted by atomic mass is 9.88. The van der Waals surface area contributed by atoms with Crippen LogP contribution in [-0.2, 0) is 0 Å². The van der Waals surface area contributed by atoms with E-state index >= 15 is 0 Å². The number of aliphatic hydroxyl groups is 1. The first-order valence-corrected chi connectivity index (χ1v) is 5.14. The molecule has 1 atom stereocenters. The van der Waals surface area contributed by atoms with Crippen LogP contribution >= 0.6 is 0 Å². The van der Waals surface area contributed by atoms with E-state index in [1.54, 1.807) is 6.08 Å². The minimum atomic E-state index is -1.03. The lowest BCUT2D eigenvalue weighted by Gasteiger charge is -2.28. The van der Waals surface area contributed by atoms with Crippen molar-refractivity contribution in [2.45, 2.75) is 38.6 Å². The highest BCUT2D eigenvalue weighted by molar-refractivity contribution is 5.65. The van der Waals surface area contributed by atoms with E-state index in [1.807, 2.05) is 13.8 Å². The van der Waals surface area contributed by atoms with E-state index < -0.39 is 11.6 Å². The van der Waals surface area contributed by atoms with Crippen molar-refractivity contribution >= 4 is 6.09 Å². The van der Waals surface area contributed by atoms with Gasteiger partial charge >= 0.3 is 6.09 Å². The Balaban J connectivity index is 4.13. The van der Waals surface area contributed by atoms with E-state index in [2.05, 4.69) is 11.9 Å². The van der Waals surface area contributed by atoms with Crippen molar-refractivity contribution in [1.82, 2.24) is 5.32 Å². The van der Waals surface area contributed by atoms with Crippen molar-refractivity contribution in [3.8, 4) is 0 Å². The normalized spacial score (nSPS) is 13.3. The van der Waals surface area contributed by atoms with E-state index in [9.17, 15) is 4.79 Å². The van der Waals surface area contributed by atoms with Gasteiger partial charge in [-0.1, -0.05) is 6.08 Å². The fourth-order valence-electron chi connectivity index (χ4n) is 1.67. The molecule has 88 valence electrons. The molecular weight excluding hydrogens is 194 g/mol. The van der Waals surface area contributed by atoms with Crippen molar-refractivity contribution < 1.29 is 15.0 Å². The number of allylic oxidation sites excluding steroid dienone is 1. The molecule has 0 aromatic heterocycles. The van der Waals surface area contributed by atoms with Crippen LogP contribution in [0.3, 0.4) is 0 Å². The number of amides is 1. The Morgan fingerprint density at radius 2 is 2.20 bits per heavy atom. The molecule has 0 rings (SSSR count). The molecule has 0 unspecified atom stereocenters. The maximum absolute atomic E-state index is 10.5. The van der Waals surface area contributed by atoms with Crippen molar-refractivity contribution in [3.63, 3.8) is 0 Å². The quantitative estimate of drug-likeness (QED) is 0.569. The molecule has 0 aromatic rings. The summed E-state index contributed by atoms with van der Waals surface area (Å²) in [5.41, 5.74) is -0.500. The fraction of sp³-hybridized carbons (Fsp3) is 0.727. The van der Waals surface area contributed by atoms with Gasteiger partial charge in [0.2, 0.25) is 0 Å². The molecule has 0 aliphatic heterocycles. The average molecular weight is 215 g/mol. The third-order valence-corrected chi connectivity index (χ3v) is 2.28. The van der Waals surface area contributed by atoms with Gasteiger partial charge in [-0.25, -0.2) is 4.79 Å². The molecule has 0 aliphatic rings. The number of nitrogens with one attached hydrogen (secondary N) is 1. The molecule has 0 radical (unpaired) electrons. The van der Waals surface area contributed by atoms with Gasteiger partial charge in [0.25, 0.3) is 0 Å². The van der Waals surface area contributed by atoms with Gasteiger partial charge in [0.15, 0.2) is 0 Å². The van der Waals surface area contributed by atoms with Crippen LogP contribution in [0.25, 0.3) is 0 Å². The van der Waals surface area contributed by atoms with Crippen molar-refractivity contribution in [1.29, 1.82) is 0 Å². The zero-order chi connectivity index (χ0) is 11.9. The third-order valence-electron chi connectivity index (χ3n) is 2.28. The maximum atomic E-state index is 10.5. The van der Waals surface area contributed by atoms with Gasteiger partial charge in [-0.2, -0.15) is 0 Å². The molecule has 0 spiro atoms. The molecule has 0 aliphatic carbocycles. The summed E-state index contributed by atoms with van der Waals surface area (Å²) in [5, 5.41) is 20.2. The summed E-state index contributed by atoms with van der Waals surface area (Å²) in [6.45, 7) is 7.34. The van der Waals surface area contributed by atoms with Crippen LogP contribution in [0, 0.1) is 5.92 Å². The minimum absolute atomic E-state index is 0.0819. The average Bonchev–Trinajstić information content (AvgIpc) is 2.09. The van der Waals surface area contributed by atoms with Crippen molar-refractivity contribution in [2.24, 2.45) is 5.92 Å². The van der Waals surface area contributed by atoms with Gasteiger partial charge < -0.3 is 15.5 Å². The zero-order valence-corrected chi connectivity index (χ0v) is 9.49. The number of hydrogen-bond donors (Lipinski definition) is 3. The Labute approximate surface area is 91.0 Å². The Kier molecular flexibility index (Phi) is 6.01. The summed E-state index contributed by atoms with van der Waals surface area (Å²) < 4.78 is 0. The highest BCUT2D eigenvalue weighted by Gasteiger charge is 2.24. The molecule has 4 nitrogen and oxygen atoms in total. The predicted molar refractivity (Wildman–Crippen MR) is 59.9 cm³/mol. The monoisotopic (exact) mass is 215 g/mol. The Bertz CT molecular complexity index is 214. The highest BCUT2D eigenvalue weighted by Crippen LogP contribution is 2.20. The molecule has 0 saturated carbocycles. The van der Waals surface area contributed by atoms with E-state index in [4.69, 9.17) is 10.2 Å². The van der Waals surface area contributed by atoms with Crippen LogP contribution in [-0.4, -0.2) is 28.5 Å². The largest absolute Gasteiger partial charge is 0.465 e. The Morgan fingerprint density at radius 1 is 1.60 bits per heavy atom. The molecule has 4 heteroatoms. The summed E-state index contributed by atoms with van der Waals surface area (Å²) in [6.07, 6.45) is 3.09. The topological polar surface area (TPSA) is 69.6 Å². The summed E-state index contributed by atoms with van der Waals surface area (Å²) in [6, 6.07) is 0. The highest BCUT2D eigenvalue weighted by atomic mass is 16.4. The van der Waals surface area contributed by atoms with Crippen LogP contribution in [0.5, 0.6) is 0 Å². The summed E-state index contributed by atoms with van der Waals surface area (Å²) in [5.74, 6) is 0.116. The van der Waals surface area contributed by atoms with E-state index in [1.165, 1.54) is 0 Å². The second-order valence-corrected chi connectivity index (χ2v) is 4.43. The number of aliphatic hydroxyl groups excluding tert-OH is 1. The second kappa shape index (κ2) is 6.45. The maximum Gasteiger partial charge on any atom is 0.405 e. The number of carboxylic acid groups (broad SMARTS) is 1. The van der Waals surface area contributed by atoms with Crippen LogP contribution in [0.15, 0.2) is 12.7 Å². The second-order valence-electron chi connectivity index (χ2n) is 4.43. The lowest BCUT2D eigenvalue weighted by molar-refractivity contribution is 0.157. The minimum Gasteiger partial charge on any atom is -0.465 e. The molecule has 1 amide bonds. The standard InChI is InChI=1S/C11H21NO3/c1-4-5-6-9(8-13)7-11(2,3)12-10(14)15/h4,9,12-13H,1,5-8H2,2-3H3,(H,14,15)/t9-/m0/s1. The molecule has 0 fully saturated rings. The molecule has 15 heavy (non-hydrogen) atoms. The van der Waals surface area contributed by atoms with Crippen molar-refractivity contribution in [2.75, 3.05) is 6.61 Å². The molecule has 0 bridgehead atoms. The Morgan fingerprint density at radius 3 is 2.60 bits per heavy atom. The SMILES string of the molecule is C=CCC[C@H](CO)CC(C)(C)NC(=O)O. The van der Waals surface area contributed by atoms with E-state index in [0.29, 0.717) is 6.42 Å². The lowest BCUT2D eigenvalue weighted by Crippen LogP contribution is -2.44. The van der Waals surface area contributed by atoms with Gasteiger partial charge in [-0.05, 0) is 39.0 Å². The molecule has 0 aromatic carbocycles. The van der Waals surface area contributed by atoms with E-state index in [0.717, 1.165) is 12.8 Å². The smallest absolute Gasteiger partial charge is 0.405 e. The predicted octanol–water partition coefficient (Wildman–Crippen LogP) is 2.00. The van der Waals surface area contributed by atoms with Crippen LogP contribution in [0.4, 0.5) is 4.79 Å². The van der Waals surface area contributed by atoms with Crippen LogP contribution in [0.1, 0.15) is 33.1 Å². The Hall–Kier alpha value is -1.03. The number of rotatable bonds is 7. The first-order valence-electron chi connectivity index (χ1n) is 5.14. The molecule has 0 saturated heterocycles. The zero-order valence-electron chi connectivity index (χ0n) is 9.49. The van der Waals surface area contributed by atoms with Gasteiger partial charge in [-0.15, -0.1) is 6.58 Å². The summed E-state index contributed by atoms with van der Waals surface area (Å²) in [7, 11) is 0. The molecular formula is C11H21NO3. The van der Waals surface area contributed by atoms with Crippen LogP contribution in [0.2, 0.25) is 0 Å². The number of hydrogen-bond acceptors (Lipinski definition) is 2. The summed E-state index contributed by atoms with van der Waals surface area (Å²) >= 11 is 0. The first kappa shape index (κ1) is 14.0. The first-order chi connectivity index (χ1) is 6.91. The van der Waals surface area contributed by atoms with Gasteiger partial charge in [0, 0.05) is 12.1 Å². The molecule has 0 heterocycles. The third kappa shape index (κ3) is 6.96. The van der Waals surface area contributed by atoms with Crippen molar-refractivity contribution in [3.05, 3.63) is 12.7 Å². The number of carbonyl (C=O) groups is 1. The van der Waals surface area contributed by atoms with Gasteiger partial charge in [0.1, 0.15) is 0 Å². The van der Waals surface area contributed by atoms with Crippen LogP contribution < -0.4 is 5.32 Å². The molecule has 3 N–H and O–H groups in total. The summed E-state index contributed by atoms with van der Waals surface area (Å²) in [4.78, 5) is 10.5. The van der Waals surface area contributed by atoms with E-state index in [-0.39, 0.29) is 12.5 Å².